The van der Waals surface area contributed by atoms with Crippen LogP contribution < -0.4 is 15.8 Å². The van der Waals surface area contributed by atoms with Gasteiger partial charge in [-0.1, -0.05) is 36.4 Å². The highest BCUT2D eigenvalue weighted by Gasteiger charge is 2.38. The number of hydrogen-bond acceptors (Lipinski definition) is 4. The molecular formula is C25H20N2O3. The number of carbonyl (C=O) groups excluding carboxylic acids is 1. The Bertz CT molecular complexity index is 1360. The number of nitrogens with one attached hydrogen (secondary N) is 1. The van der Waals surface area contributed by atoms with E-state index in [1.807, 2.05) is 80.6 Å². The average Bonchev–Trinajstić information content (AvgIpc) is 3.00. The number of para-hydroxylation sites is 1. The topological polar surface area (TPSA) is 62.6 Å². The fourth-order valence-electron chi connectivity index (χ4n) is 4.11. The molecule has 0 saturated carbocycles. The minimum absolute atomic E-state index is 0.0411. The summed E-state index contributed by atoms with van der Waals surface area (Å²) < 4.78 is 5.39. The summed E-state index contributed by atoms with van der Waals surface area (Å²) in [5.74, 6) is -0.0411. The maximum absolute atomic E-state index is 13.3. The van der Waals surface area contributed by atoms with E-state index in [2.05, 4.69) is 5.32 Å². The van der Waals surface area contributed by atoms with Gasteiger partial charge in [0.25, 0.3) is 5.91 Å². The molecule has 5 rings (SSSR count). The predicted octanol–water partition coefficient (Wildman–Crippen LogP) is 5.18. The molecule has 148 valence electrons. The molecule has 30 heavy (non-hydrogen) atoms. The highest BCUT2D eigenvalue weighted by molar-refractivity contribution is 6.11. The monoisotopic (exact) mass is 396 g/mol. The highest BCUT2D eigenvalue weighted by Crippen LogP contribution is 2.39. The van der Waals surface area contributed by atoms with Crippen LogP contribution in [0.4, 0.5) is 11.4 Å². The van der Waals surface area contributed by atoms with Crippen molar-refractivity contribution in [3.8, 4) is 0 Å². The lowest BCUT2D eigenvalue weighted by molar-refractivity contribution is 0.0993. The van der Waals surface area contributed by atoms with E-state index < -0.39 is 0 Å². The van der Waals surface area contributed by atoms with E-state index in [0.717, 1.165) is 33.5 Å². The fraction of sp³-hybridized carbons (Fsp3) is 0.120. The Kier molecular flexibility index (Phi) is 4.17. The van der Waals surface area contributed by atoms with Gasteiger partial charge in [-0.15, -0.1) is 0 Å². The maximum atomic E-state index is 13.3. The van der Waals surface area contributed by atoms with Crippen LogP contribution in [0, 0.1) is 13.8 Å². The predicted molar refractivity (Wildman–Crippen MR) is 118 cm³/mol. The van der Waals surface area contributed by atoms with Crippen LogP contribution >= 0.6 is 0 Å². The van der Waals surface area contributed by atoms with E-state index in [1.54, 1.807) is 4.90 Å². The van der Waals surface area contributed by atoms with Crippen LogP contribution in [0.15, 0.2) is 82.0 Å². The SMILES string of the molecule is Cc1ccccc1N1C(=O)c2ccccc2C1Nc1ccc2c(C)cc(=O)oc2c1. The second-order valence-electron chi connectivity index (χ2n) is 7.56. The van der Waals surface area contributed by atoms with Crippen molar-refractivity contribution in [3.05, 3.63) is 105 Å². The van der Waals surface area contributed by atoms with Gasteiger partial charge < -0.3 is 9.73 Å². The van der Waals surface area contributed by atoms with E-state index in [9.17, 15) is 9.59 Å². The molecule has 1 amide bonds. The maximum Gasteiger partial charge on any atom is 0.336 e. The van der Waals surface area contributed by atoms with Crippen LogP contribution in [-0.2, 0) is 0 Å². The van der Waals surface area contributed by atoms with E-state index in [0.29, 0.717) is 11.1 Å². The van der Waals surface area contributed by atoms with Crippen molar-refractivity contribution in [1.82, 2.24) is 0 Å². The minimum Gasteiger partial charge on any atom is -0.423 e. The first-order valence-corrected chi connectivity index (χ1v) is 9.82. The number of aryl methyl sites for hydroxylation is 2. The number of benzene rings is 3. The summed E-state index contributed by atoms with van der Waals surface area (Å²) in [4.78, 5) is 26.9. The van der Waals surface area contributed by atoms with Gasteiger partial charge in [0.2, 0.25) is 0 Å². The van der Waals surface area contributed by atoms with E-state index in [-0.39, 0.29) is 17.7 Å². The fourth-order valence-corrected chi connectivity index (χ4v) is 4.11. The van der Waals surface area contributed by atoms with Crippen LogP contribution in [0.3, 0.4) is 0 Å². The van der Waals surface area contributed by atoms with Crippen molar-refractivity contribution in [2.45, 2.75) is 20.0 Å². The Labute approximate surface area is 173 Å². The molecule has 1 aliphatic rings. The summed E-state index contributed by atoms with van der Waals surface area (Å²) in [7, 11) is 0. The molecule has 0 fully saturated rings. The van der Waals surface area contributed by atoms with Crippen molar-refractivity contribution in [3.63, 3.8) is 0 Å². The molecule has 3 aromatic carbocycles. The van der Waals surface area contributed by atoms with Gasteiger partial charge in [0.1, 0.15) is 11.7 Å². The number of anilines is 2. The molecule has 1 aliphatic heterocycles. The lowest BCUT2D eigenvalue weighted by atomic mass is 10.1. The molecule has 1 aromatic heterocycles. The standard InChI is InChI=1S/C25H20N2O3/c1-15-7-3-6-10-21(15)27-24(19-8-4-5-9-20(19)25(27)29)26-17-11-12-18-16(2)13-23(28)30-22(18)14-17/h3-14,24,26H,1-2H3. The smallest absolute Gasteiger partial charge is 0.336 e. The molecule has 1 N–H and O–H groups in total. The van der Waals surface area contributed by atoms with Crippen molar-refractivity contribution in [1.29, 1.82) is 0 Å². The molecule has 5 nitrogen and oxygen atoms in total. The quantitative estimate of drug-likeness (QED) is 0.485. The summed E-state index contributed by atoms with van der Waals surface area (Å²) in [5, 5.41) is 4.37. The van der Waals surface area contributed by atoms with E-state index >= 15 is 0 Å². The molecule has 5 heteroatoms. The van der Waals surface area contributed by atoms with Crippen LogP contribution in [0.2, 0.25) is 0 Å². The molecule has 1 atom stereocenters. The number of fused-ring (bicyclic) bond motifs is 2. The van der Waals surface area contributed by atoms with Gasteiger partial charge in [0, 0.05) is 40.0 Å². The van der Waals surface area contributed by atoms with Gasteiger partial charge in [0.15, 0.2) is 0 Å². The first-order chi connectivity index (χ1) is 14.5. The molecule has 0 spiro atoms. The Morgan fingerprint density at radius 2 is 1.63 bits per heavy atom. The van der Waals surface area contributed by atoms with E-state index in [1.165, 1.54) is 6.07 Å². The summed E-state index contributed by atoms with van der Waals surface area (Å²) in [6.07, 6.45) is -0.371. The minimum atomic E-state index is -0.375. The molecule has 1 unspecified atom stereocenters. The zero-order chi connectivity index (χ0) is 20.8. The lowest BCUT2D eigenvalue weighted by Crippen LogP contribution is -2.32. The number of amides is 1. The molecular weight excluding hydrogens is 376 g/mol. The van der Waals surface area contributed by atoms with E-state index in [4.69, 9.17) is 4.42 Å². The van der Waals surface area contributed by atoms with Crippen LogP contribution in [-0.4, -0.2) is 5.91 Å². The van der Waals surface area contributed by atoms with Crippen molar-refractivity contribution >= 4 is 28.3 Å². The Hall–Kier alpha value is -3.86. The third kappa shape index (κ3) is 2.87. The van der Waals surface area contributed by atoms with Crippen LogP contribution in [0.25, 0.3) is 11.0 Å². The van der Waals surface area contributed by atoms with Crippen molar-refractivity contribution in [2.75, 3.05) is 10.2 Å². The molecule has 0 bridgehead atoms. The number of nitrogens with zero attached hydrogens (tertiary/aromatic N) is 1. The highest BCUT2D eigenvalue weighted by atomic mass is 16.4. The van der Waals surface area contributed by atoms with Gasteiger partial charge in [-0.2, -0.15) is 0 Å². The third-order valence-electron chi connectivity index (χ3n) is 5.59. The Morgan fingerprint density at radius 1 is 0.867 bits per heavy atom. The number of carbonyl (C=O) groups is 1. The molecule has 0 saturated heterocycles. The van der Waals surface area contributed by atoms with Gasteiger partial charge in [0.05, 0.1) is 0 Å². The third-order valence-corrected chi connectivity index (χ3v) is 5.59. The molecule has 4 aromatic rings. The zero-order valence-electron chi connectivity index (χ0n) is 16.7. The van der Waals surface area contributed by atoms with Crippen LogP contribution in [0.5, 0.6) is 0 Å². The second-order valence-corrected chi connectivity index (χ2v) is 7.56. The summed E-state index contributed by atoms with van der Waals surface area (Å²) >= 11 is 0. The van der Waals surface area contributed by atoms with Gasteiger partial charge in [-0.05, 0) is 49.2 Å². The van der Waals surface area contributed by atoms with Crippen molar-refractivity contribution < 1.29 is 9.21 Å². The molecule has 2 heterocycles. The average molecular weight is 396 g/mol. The van der Waals surface area contributed by atoms with Crippen molar-refractivity contribution in [2.24, 2.45) is 0 Å². The molecule has 0 radical (unpaired) electrons. The number of rotatable bonds is 3. The number of hydrogen-bond donors (Lipinski definition) is 1. The lowest BCUT2D eigenvalue weighted by Gasteiger charge is -2.28. The van der Waals surface area contributed by atoms with Crippen LogP contribution in [0.1, 0.15) is 33.2 Å². The Balaban J connectivity index is 1.62. The summed E-state index contributed by atoms with van der Waals surface area (Å²) in [6, 6.07) is 22.6. The van der Waals surface area contributed by atoms with Gasteiger partial charge >= 0.3 is 5.63 Å². The largest absolute Gasteiger partial charge is 0.423 e. The summed E-state index contributed by atoms with van der Waals surface area (Å²) in [6.45, 7) is 3.88. The summed E-state index contributed by atoms with van der Waals surface area (Å²) in [5.41, 5.74) is 5.26. The zero-order valence-corrected chi connectivity index (χ0v) is 16.7. The van der Waals surface area contributed by atoms with Gasteiger partial charge in [-0.3, -0.25) is 9.69 Å². The first-order valence-electron chi connectivity index (χ1n) is 9.82. The first kappa shape index (κ1) is 18.2. The van der Waals surface area contributed by atoms with Gasteiger partial charge in [-0.25, -0.2) is 4.79 Å². The Morgan fingerprint density at radius 3 is 2.47 bits per heavy atom. The second kappa shape index (κ2) is 6.88. The molecule has 0 aliphatic carbocycles. The normalized spacial score (nSPS) is 15.5.